The largest absolute Gasteiger partial charge is 0.457 e. The molecule has 0 unspecified atom stereocenters. The van der Waals surface area contributed by atoms with Gasteiger partial charge in [0.2, 0.25) is 0 Å². The van der Waals surface area contributed by atoms with Crippen LogP contribution in [-0.4, -0.2) is 65.9 Å². The Kier molecular flexibility index (Phi) is 5.98. The lowest BCUT2D eigenvalue weighted by molar-refractivity contribution is 0.0630. The van der Waals surface area contributed by atoms with Crippen LogP contribution in [-0.2, 0) is 0 Å². The number of piperidine rings is 1. The number of nitrogens with zero attached hydrogens (tertiary/aromatic N) is 3. The number of carbonyl (C=O) groups excluding carboxylic acids is 2. The molecule has 2 aliphatic heterocycles. The van der Waals surface area contributed by atoms with Crippen molar-refractivity contribution in [3.63, 3.8) is 0 Å². The minimum atomic E-state index is -0.0541. The Bertz CT molecular complexity index is 841. The van der Waals surface area contributed by atoms with Crippen LogP contribution in [0.5, 0.6) is 11.5 Å². The van der Waals surface area contributed by atoms with Crippen molar-refractivity contribution < 1.29 is 14.3 Å². The zero-order valence-electron chi connectivity index (χ0n) is 16.6. The lowest BCUT2D eigenvalue weighted by Crippen LogP contribution is -2.54. The molecule has 0 bridgehead atoms. The molecule has 0 aromatic heterocycles. The normalized spacial score (nSPS) is 17.2. The monoisotopic (exact) mass is 393 g/mol. The standard InChI is InChI=1S/C23H27N3O3/c27-22(20-11-5-6-12-21(20)29-19-9-3-1-4-10-19)24-15-17-26(18-16-24)23(28)25-13-7-2-8-14-25/h1,3-6,9-12H,2,7-8,13-18H2. The van der Waals surface area contributed by atoms with Crippen molar-refractivity contribution in [2.45, 2.75) is 19.3 Å². The summed E-state index contributed by atoms with van der Waals surface area (Å²) in [5, 5.41) is 0. The summed E-state index contributed by atoms with van der Waals surface area (Å²) in [5.41, 5.74) is 0.548. The number of piperazine rings is 1. The molecule has 2 saturated heterocycles. The van der Waals surface area contributed by atoms with Gasteiger partial charge in [0, 0.05) is 39.3 Å². The van der Waals surface area contributed by atoms with Crippen molar-refractivity contribution in [1.29, 1.82) is 0 Å². The summed E-state index contributed by atoms with van der Waals surface area (Å²) in [6, 6.07) is 16.9. The lowest BCUT2D eigenvalue weighted by Gasteiger charge is -2.38. The van der Waals surface area contributed by atoms with Crippen LogP contribution in [0, 0.1) is 0 Å². The molecule has 2 aromatic rings. The van der Waals surface area contributed by atoms with Crippen LogP contribution in [0.15, 0.2) is 54.6 Å². The van der Waals surface area contributed by atoms with Crippen molar-refractivity contribution in [3.8, 4) is 11.5 Å². The molecule has 0 atom stereocenters. The number of ether oxygens (including phenoxy) is 1. The molecule has 6 heteroatoms. The van der Waals surface area contributed by atoms with E-state index in [0.29, 0.717) is 43.2 Å². The summed E-state index contributed by atoms with van der Waals surface area (Å²) in [4.78, 5) is 31.4. The van der Waals surface area contributed by atoms with E-state index in [1.807, 2.05) is 63.2 Å². The molecule has 0 radical (unpaired) electrons. The van der Waals surface area contributed by atoms with Crippen LogP contribution in [0.4, 0.5) is 4.79 Å². The topological polar surface area (TPSA) is 53.1 Å². The Morgan fingerprint density at radius 2 is 1.24 bits per heavy atom. The summed E-state index contributed by atoms with van der Waals surface area (Å²) in [6.07, 6.45) is 3.38. The van der Waals surface area contributed by atoms with Crippen LogP contribution in [0.1, 0.15) is 29.6 Å². The first-order valence-electron chi connectivity index (χ1n) is 10.4. The highest BCUT2D eigenvalue weighted by Gasteiger charge is 2.29. The van der Waals surface area contributed by atoms with Crippen molar-refractivity contribution >= 4 is 11.9 Å². The van der Waals surface area contributed by atoms with Gasteiger partial charge in [0.1, 0.15) is 11.5 Å². The molecule has 0 aliphatic carbocycles. The van der Waals surface area contributed by atoms with Gasteiger partial charge in [0.15, 0.2) is 0 Å². The average molecular weight is 393 g/mol. The highest BCUT2D eigenvalue weighted by molar-refractivity contribution is 5.97. The van der Waals surface area contributed by atoms with Gasteiger partial charge in [-0.1, -0.05) is 30.3 Å². The number of hydrogen-bond donors (Lipinski definition) is 0. The van der Waals surface area contributed by atoms with Gasteiger partial charge in [0.05, 0.1) is 5.56 Å². The Balaban J connectivity index is 1.39. The summed E-state index contributed by atoms with van der Waals surface area (Å²) >= 11 is 0. The number of benzene rings is 2. The number of hydrogen-bond acceptors (Lipinski definition) is 3. The third-order valence-corrected chi connectivity index (χ3v) is 5.55. The molecule has 152 valence electrons. The van der Waals surface area contributed by atoms with E-state index in [1.54, 1.807) is 6.07 Å². The molecule has 0 N–H and O–H groups in total. The lowest BCUT2D eigenvalue weighted by atomic mass is 10.1. The molecule has 3 amide bonds. The van der Waals surface area contributed by atoms with Crippen molar-refractivity contribution in [1.82, 2.24) is 14.7 Å². The number of para-hydroxylation sites is 2. The molecule has 2 heterocycles. The van der Waals surface area contributed by atoms with Crippen LogP contribution in [0.3, 0.4) is 0 Å². The van der Waals surface area contributed by atoms with Gasteiger partial charge in [-0.15, -0.1) is 0 Å². The average Bonchev–Trinajstić information content (AvgIpc) is 2.80. The van der Waals surface area contributed by atoms with Gasteiger partial charge in [0.25, 0.3) is 5.91 Å². The summed E-state index contributed by atoms with van der Waals surface area (Å²) in [6.45, 7) is 3.92. The third-order valence-electron chi connectivity index (χ3n) is 5.55. The van der Waals surface area contributed by atoms with Crippen LogP contribution >= 0.6 is 0 Å². The summed E-state index contributed by atoms with van der Waals surface area (Å²) in [5.74, 6) is 1.20. The fourth-order valence-corrected chi connectivity index (χ4v) is 3.90. The Morgan fingerprint density at radius 3 is 1.97 bits per heavy atom. The number of rotatable bonds is 3. The Labute approximate surface area is 171 Å². The summed E-state index contributed by atoms with van der Waals surface area (Å²) < 4.78 is 5.94. The molecule has 2 aliphatic rings. The SMILES string of the molecule is O=C(c1ccccc1Oc1ccccc1)N1CCN(C(=O)N2CCCCC2)CC1. The van der Waals surface area contributed by atoms with Gasteiger partial charge in [-0.3, -0.25) is 4.79 Å². The number of likely N-dealkylation sites (tertiary alicyclic amines) is 1. The highest BCUT2D eigenvalue weighted by atomic mass is 16.5. The fraction of sp³-hybridized carbons (Fsp3) is 0.391. The predicted molar refractivity (Wildman–Crippen MR) is 111 cm³/mol. The van der Waals surface area contributed by atoms with Crippen molar-refractivity contribution in [2.75, 3.05) is 39.3 Å². The zero-order chi connectivity index (χ0) is 20.1. The molecule has 0 spiro atoms. The number of carbonyl (C=O) groups is 2. The number of amides is 3. The minimum Gasteiger partial charge on any atom is -0.457 e. The van der Waals surface area contributed by atoms with E-state index in [-0.39, 0.29) is 11.9 Å². The van der Waals surface area contributed by atoms with Gasteiger partial charge >= 0.3 is 6.03 Å². The van der Waals surface area contributed by atoms with E-state index in [4.69, 9.17) is 4.74 Å². The quantitative estimate of drug-likeness (QED) is 0.796. The van der Waals surface area contributed by atoms with Gasteiger partial charge in [-0.05, 0) is 43.5 Å². The van der Waals surface area contributed by atoms with Crippen LogP contribution in [0.25, 0.3) is 0 Å². The maximum atomic E-state index is 13.1. The molecule has 6 nitrogen and oxygen atoms in total. The van der Waals surface area contributed by atoms with Crippen molar-refractivity contribution in [3.05, 3.63) is 60.2 Å². The Hall–Kier alpha value is -3.02. The first-order valence-corrected chi connectivity index (χ1v) is 10.4. The maximum absolute atomic E-state index is 13.1. The smallest absolute Gasteiger partial charge is 0.320 e. The van der Waals surface area contributed by atoms with Crippen molar-refractivity contribution in [2.24, 2.45) is 0 Å². The first-order chi connectivity index (χ1) is 14.2. The van der Waals surface area contributed by atoms with Crippen LogP contribution in [0.2, 0.25) is 0 Å². The molecule has 0 saturated carbocycles. The van der Waals surface area contributed by atoms with Gasteiger partial charge in [-0.2, -0.15) is 0 Å². The van der Waals surface area contributed by atoms with E-state index < -0.39 is 0 Å². The number of urea groups is 1. The molecule has 2 aromatic carbocycles. The maximum Gasteiger partial charge on any atom is 0.320 e. The second-order valence-corrected chi connectivity index (χ2v) is 7.52. The molecule has 29 heavy (non-hydrogen) atoms. The Morgan fingerprint density at radius 1 is 0.655 bits per heavy atom. The van der Waals surface area contributed by atoms with E-state index >= 15 is 0 Å². The fourth-order valence-electron chi connectivity index (χ4n) is 3.90. The predicted octanol–water partition coefficient (Wildman–Crippen LogP) is 3.84. The van der Waals surface area contributed by atoms with Gasteiger partial charge < -0.3 is 19.4 Å². The van der Waals surface area contributed by atoms with E-state index in [2.05, 4.69) is 0 Å². The molecule has 4 rings (SSSR count). The first kappa shape index (κ1) is 19.3. The second kappa shape index (κ2) is 8.99. The van der Waals surface area contributed by atoms with E-state index in [9.17, 15) is 9.59 Å². The van der Waals surface area contributed by atoms with Crippen LogP contribution < -0.4 is 4.74 Å². The molecular weight excluding hydrogens is 366 g/mol. The van der Waals surface area contributed by atoms with E-state index in [1.165, 1.54) is 6.42 Å². The minimum absolute atomic E-state index is 0.0541. The van der Waals surface area contributed by atoms with E-state index in [0.717, 1.165) is 25.9 Å². The second-order valence-electron chi connectivity index (χ2n) is 7.52. The highest BCUT2D eigenvalue weighted by Crippen LogP contribution is 2.26. The van der Waals surface area contributed by atoms with Gasteiger partial charge in [-0.25, -0.2) is 4.79 Å². The summed E-state index contributed by atoms with van der Waals surface area (Å²) in [7, 11) is 0. The zero-order valence-corrected chi connectivity index (χ0v) is 16.6. The molecular formula is C23H27N3O3. The molecule has 2 fully saturated rings. The third kappa shape index (κ3) is 4.53.